The van der Waals surface area contributed by atoms with Crippen LogP contribution in [0.15, 0.2) is 48.6 Å². The third kappa shape index (κ3) is 2.43. The molecule has 2 aromatic rings. The Hall–Kier alpha value is -2.93. The Balaban J connectivity index is 1.90. The first-order chi connectivity index (χ1) is 12.5. The number of rotatable bonds is 3. The highest BCUT2D eigenvalue weighted by molar-refractivity contribution is 6.33. The first kappa shape index (κ1) is 16.5. The Bertz CT molecular complexity index is 959. The lowest BCUT2D eigenvalue weighted by atomic mass is 9.76. The summed E-state index contributed by atoms with van der Waals surface area (Å²) in [5, 5.41) is 26.6. The first-order valence-corrected chi connectivity index (χ1v) is 8.50. The van der Waals surface area contributed by atoms with Crippen molar-refractivity contribution < 1.29 is 9.85 Å². The number of para-hydroxylation sites is 1. The molecule has 1 aliphatic heterocycles. The van der Waals surface area contributed by atoms with Crippen LogP contribution in [0.2, 0.25) is 5.02 Å². The molecule has 8 heteroatoms. The summed E-state index contributed by atoms with van der Waals surface area (Å²) >= 11 is 6.32. The van der Waals surface area contributed by atoms with Crippen LogP contribution in [-0.4, -0.2) is 9.85 Å². The van der Waals surface area contributed by atoms with E-state index in [1.165, 1.54) is 18.2 Å². The number of hydrogen-bond donors (Lipinski definition) is 1. The van der Waals surface area contributed by atoms with Gasteiger partial charge in [0.25, 0.3) is 11.4 Å². The molecule has 3 atom stereocenters. The average molecular weight is 372 g/mol. The maximum atomic E-state index is 11.5. The van der Waals surface area contributed by atoms with E-state index in [9.17, 15) is 20.2 Å². The molecule has 0 aromatic heterocycles. The van der Waals surface area contributed by atoms with Gasteiger partial charge in [0.1, 0.15) is 0 Å². The molecule has 0 spiro atoms. The second-order valence-electron chi connectivity index (χ2n) is 6.40. The number of nitrogens with zero attached hydrogens (tertiary/aromatic N) is 2. The largest absolute Gasteiger partial charge is 0.376 e. The lowest BCUT2D eigenvalue weighted by Crippen LogP contribution is -2.30. The summed E-state index contributed by atoms with van der Waals surface area (Å²) in [5.74, 6) is -0.268. The number of halogens is 1. The molecule has 0 unspecified atom stereocenters. The molecule has 26 heavy (non-hydrogen) atoms. The molecule has 1 aliphatic carbocycles. The molecular weight excluding hydrogens is 358 g/mol. The van der Waals surface area contributed by atoms with Crippen LogP contribution in [-0.2, 0) is 0 Å². The molecule has 0 saturated heterocycles. The topological polar surface area (TPSA) is 98.3 Å². The molecule has 7 nitrogen and oxygen atoms in total. The van der Waals surface area contributed by atoms with Crippen molar-refractivity contribution in [1.29, 1.82) is 0 Å². The quantitative estimate of drug-likeness (QED) is 0.466. The van der Waals surface area contributed by atoms with Gasteiger partial charge in [0.2, 0.25) is 0 Å². The van der Waals surface area contributed by atoms with Crippen molar-refractivity contribution >= 4 is 28.7 Å². The van der Waals surface area contributed by atoms with Crippen LogP contribution in [0.3, 0.4) is 0 Å². The summed E-state index contributed by atoms with van der Waals surface area (Å²) in [6, 6.07) is 9.12. The van der Waals surface area contributed by atoms with E-state index in [4.69, 9.17) is 11.6 Å². The molecule has 132 valence electrons. The third-order valence-corrected chi connectivity index (χ3v) is 5.43. The molecule has 0 saturated carbocycles. The van der Waals surface area contributed by atoms with Crippen molar-refractivity contribution in [3.63, 3.8) is 0 Å². The Morgan fingerprint density at radius 3 is 2.50 bits per heavy atom. The molecule has 0 fully saturated rings. The molecule has 1 N–H and O–H groups in total. The van der Waals surface area contributed by atoms with Gasteiger partial charge < -0.3 is 5.32 Å². The molecule has 0 amide bonds. The molecule has 2 aliphatic rings. The van der Waals surface area contributed by atoms with E-state index >= 15 is 0 Å². The van der Waals surface area contributed by atoms with Gasteiger partial charge in [0.15, 0.2) is 0 Å². The maximum absolute atomic E-state index is 11.5. The van der Waals surface area contributed by atoms with Gasteiger partial charge in [0, 0.05) is 18.1 Å². The summed E-state index contributed by atoms with van der Waals surface area (Å²) in [6.45, 7) is 0. The summed E-state index contributed by atoms with van der Waals surface area (Å²) < 4.78 is 0. The minimum atomic E-state index is -0.411. The van der Waals surface area contributed by atoms with Crippen LogP contribution >= 0.6 is 11.6 Å². The van der Waals surface area contributed by atoms with Gasteiger partial charge in [-0.15, -0.1) is 0 Å². The fraction of sp³-hybridized carbons (Fsp3) is 0.222. The van der Waals surface area contributed by atoms with Crippen LogP contribution in [0, 0.1) is 26.1 Å². The van der Waals surface area contributed by atoms with Gasteiger partial charge in [-0.1, -0.05) is 42.0 Å². The molecular formula is C18H14ClN3O4. The van der Waals surface area contributed by atoms with Crippen molar-refractivity contribution in [2.75, 3.05) is 5.32 Å². The van der Waals surface area contributed by atoms with Crippen molar-refractivity contribution in [3.8, 4) is 0 Å². The van der Waals surface area contributed by atoms with Crippen molar-refractivity contribution in [3.05, 3.63) is 84.9 Å². The van der Waals surface area contributed by atoms with E-state index in [0.29, 0.717) is 28.3 Å². The summed E-state index contributed by atoms with van der Waals surface area (Å²) in [5.41, 5.74) is 1.64. The van der Waals surface area contributed by atoms with Gasteiger partial charge in [0.05, 0.1) is 37.7 Å². The van der Waals surface area contributed by atoms with Gasteiger partial charge in [-0.05, 0) is 18.4 Å². The number of anilines is 1. The predicted octanol–water partition coefficient (Wildman–Crippen LogP) is 4.98. The van der Waals surface area contributed by atoms with Crippen LogP contribution < -0.4 is 5.32 Å². The van der Waals surface area contributed by atoms with Crippen molar-refractivity contribution in [2.24, 2.45) is 5.92 Å². The van der Waals surface area contributed by atoms with Crippen molar-refractivity contribution in [2.45, 2.75) is 18.4 Å². The molecule has 0 bridgehead atoms. The fourth-order valence-electron chi connectivity index (χ4n) is 4.04. The fourth-order valence-corrected chi connectivity index (χ4v) is 4.26. The summed E-state index contributed by atoms with van der Waals surface area (Å²) in [4.78, 5) is 22.1. The van der Waals surface area contributed by atoms with E-state index in [1.807, 2.05) is 12.2 Å². The van der Waals surface area contributed by atoms with Gasteiger partial charge >= 0.3 is 0 Å². The molecule has 1 heterocycles. The standard InChI is InChI=1S/C18H14ClN3O4/c19-13-8-9-15(22(25)26)16-10-5-3-6-11(10)17(20-18(13)16)12-4-1-2-7-14(12)21(23)24/h1-5,7-11,17,20H,6H2/t10-,11-,17-/m1/s1. The monoisotopic (exact) mass is 371 g/mol. The summed E-state index contributed by atoms with van der Waals surface area (Å²) in [7, 11) is 0. The zero-order chi connectivity index (χ0) is 18.4. The van der Waals surface area contributed by atoms with E-state index in [1.54, 1.807) is 18.2 Å². The number of nitro groups is 2. The number of hydrogen-bond acceptors (Lipinski definition) is 5. The number of benzene rings is 2. The number of nitrogens with one attached hydrogen (secondary N) is 1. The van der Waals surface area contributed by atoms with Gasteiger partial charge in [-0.2, -0.15) is 0 Å². The predicted molar refractivity (Wildman–Crippen MR) is 97.6 cm³/mol. The SMILES string of the molecule is O=[N+]([O-])c1ccccc1[C@@H]1Nc2c(Cl)ccc([N+](=O)[O-])c2[C@@H]2C=CC[C@H]21. The zero-order valence-electron chi connectivity index (χ0n) is 13.5. The highest BCUT2D eigenvalue weighted by Gasteiger charge is 2.44. The smallest absolute Gasteiger partial charge is 0.275 e. The van der Waals surface area contributed by atoms with Crippen LogP contribution in [0.4, 0.5) is 17.1 Å². The Morgan fingerprint density at radius 1 is 1.04 bits per heavy atom. The summed E-state index contributed by atoms with van der Waals surface area (Å²) in [6.07, 6.45) is 4.59. The minimum absolute atomic E-state index is 0.0134. The van der Waals surface area contributed by atoms with E-state index in [-0.39, 0.29) is 29.3 Å². The molecule has 4 rings (SSSR count). The third-order valence-electron chi connectivity index (χ3n) is 5.11. The zero-order valence-corrected chi connectivity index (χ0v) is 14.2. The first-order valence-electron chi connectivity index (χ1n) is 8.12. The van der Waals surface area contributed by atoms with Gasteiger partial charge in [-0.3, -0.25) is 20.2 Å². The Kier molecular flexibility index (Phi) is 3.88. The minimum Gasteiger partial charge on any atom is -0.376 e. The second-order valence-corrected chi connectivity index (χ2v) is 6.81. The lowest BCUT2D eigenvalue weighted by molar-refractivity contribution is -0.386. The molecule has 2 aromatic carbocycles. The van der Waals surface area contributed by atoms with Crippen LogP contribution in [0.5, 0.6) is 0 Å². The maximum Gasteiger partial charge on any atom is 0.275 e. The average Bonchev–Trinajstić information content (AvgIpc) is 3.11. The normalized spacial score (nSPS) is 23.0. The van der Waals surface area contributed by atoms with Crippen molar-refractivity contribution in [1.82, 2.24) is 0 Å². The van der Waals surface area contributed by atoms with E-state index < -0.39 is 9.85 Å². The second kappa shape index (κ2) is 6.10. The van der Waals surface area contributed by atoms with Gasteiger partial charge in [-0.25, -0.2) is 0 Å². The lowest BCUT2D eigenvalue weighted by Gasteiger charge is -2.37. The van der Waals surface area contributed by atoms with E-state index in [0.717, 1.165) is 0 Å². The Labute approximate surface area is 153 Å². The number of allylic oxidation sites excluding steroid dienone is 2. The number of fused-ring (bicyclic) bond motifs is 3. The molecule has 0 radical (unpaired) electrons. The highest BCUT2D eigenvalue weighted by atomic mass is 35.5. The highest BCUT2D eigenvalue weighted by Crippen LogP contribution is 2.55. The van der Waals surface area contributed by atoms with Crippen LogP contribution in [0.25, 0.3) is 0 Å². The van der Waals surface area contributed by atoms with E-state index in [2.05, 4.69) is 5.32 Å². The Morgan fingerprint density at radius 2 is 1.77 bits per heavy atom. The van der Waals surface area contributed by atoms with Crippen LogP contribution in [0.1, 0.15) is 29.5 Å². The number of nitro benzene ring substituents is 2.